The number of phenols is 1. The summed E-state index contributed by atoms with van der Waals surface area (Å²) in [5.41, 5.74) is 7.37. The smallest absolute Gasteiger partial charge is 0.115 e. The number of hydrogen-bond donors (Lipinski definition) is 1. The molecule has 0 bridgehead atoms. The standard InChI is InChI=1S/C25H32O/c1-6-7-19(16-18-8-11-21(26)12-9-18)20-10-13-22-23(17-20)25(4,5)15-14-24(22,2)3/h8-13,16-17,26H,6-7,14-15H2,1-5H3/b19-16-. The van der Waals surface area contributed by atoms with Crippen molar-refractivity contribution in [3.63, 3.8) is 0 Å². The molecule has 138 valence electrons. The van der Waals surface area contributed by atoms with E-state index in [9.17, 15) is 5.11 Å². The first-order valence-electron chi connectivity index (χ1n) is 9.88. The summed E-state index contributed by atoms with van der Waals surface area (Å²) in [6.07, 6.45) is 6.93. The average Bonchev–Trinajstić information content (AvgIpc) is 2.60. The highest BCUT2D eigenvalue weighted by atomic mass is 16.3. The zero-order valence-corrected chi connectivity index (χ0v) is 16.9. The highest BCUT2D eigenvalue weighted by molar-refractivity contribution is 5.82. The summed E-state index contributed by atoms with van der Waals surface area (Å²) in [5, 5.41) is 9.53. The maximum Gasteiger partial charge on any atom is 0.115 e. The summed E-state index contributed by atoms with van der Waals surface area (Å²) in [6, 6.07) is 14.6. The second-order valence-electron chi connectivity index (χ2n) is 9.04. The molecule has 0 aromatic heterocycles. The van der Waals surface area contributed by atoms with E-state index < -0.39 is 0 Å². The third-order valence-corrected chi connectivity index (χ3v) is 5.98. The molecule has 0 saturated carbocycles. The van der Waals surface area contributed by atoms with Gasteiger partial charge in [0, 0.05) is 0 Å². The van der Waals surface area contributed by atoms with Crippen molar-refractivity contribution in [2.45, 2.75) is 71.1 Å². The van der Waals surface area contributed by atoms with E-state index in [4.69, 9.17) is 0 Å². The van der Waals surface area contributed by atoms with Crippen LogP contribution in [0.5, 0.6) is 5.75 Å². The van der Waals surface area contributed by atoms with Crippen LogP contribution >= 0.6 is 0 Å². The molecule has 0 fully saturated rings. The fourth-order valence-electron chi connectivity index (χ4n) is 4.13. The number of hydrogen-bond acceptors (Lipinski definition) is 1. The maximum absolute atomic E-state index is 9.53. The number of aromatic hydroxyl groups is 1. The van der Waals surface area contributed by atoms with Gasteiger partial charge in [-0.25, -0.2) is 0 Å². The van der Waals surface area contributed by atoms with Crippen molar-refractivity contribution < 1.29 is 5.11 Å². The molecular formula is C25H32O. The molecule has 1 aliphatic carbocycles. The van der Waals surface area contributed by atoms with Gasteiger partial charge in [-0.05, 0) is 70.1 Å². The molecule has 0 unspecified atom stereocenters. The van der Waals surface area contributed by atoms with Gasteiger partial charge in [0.05, 0.1) is 0 Å². The topological polar surface area (TPSA) is 20.2 Å². The molecule has 1 N–H and O–H groups in total. The van der Waals surface area contributed by atoms with Crippen molar-refractivity contribution >= 4 is 11.6 Å². The van der Waals surface area contributed by atoms with E-state index in [1.54, 1.807) is 12.1 Å². The molecule has 0 spiro atoms. The molecule has 0 saturated heterocycles. The van der Waals surface area contributed by atoms with Crippen molar-refractivity contribution in [3.05, 3.63) is 64.7 Å². The van der Waals surface area contributed by atoms with Crippen LogP contribution in [0, 0.1) is 0 Å². The first-order chi connectivity index (χ1) is 12.2. The van der Waals surface area contributed by atoms with E-state index in [1.165, 1.54) is 35.1 Å². The molecule has 1 heteroatoms. The molecule has 26 heavy (non-hydrogen) atoms. The van der Waals surface area contributed by atoms with Gasteiger partial charge in [-0.15, -0.1) is 0 Å². The summed E-state index contributed by atoms with van der Waals surface area (Å²) < 4.78 is 0. The van der Waals surface area contributed by atoms with E-state index >= 15 is 0 Å². The minimum Gasteiger partial charge on any atom is -0.508 e. The molecule has 0 radical (unpaired) electrons. The van der Waals surface area contributed by atoms with E-state index in [2.05, 4.69) is 58.9 Å². The Labute approximate surface area is 158 Å². The van der Waals surface area contributed by atoms with Gasteiger partial charge >= 0.3 is 0 Å². The van der Waals surface area contributed by atoms with Crippen LogP contribution in [0.3, 0.4) is 0 Å². The highest BCUT2D eigenvalue weighted by Gasteiger charge is 2.36. The normalized spacial score (nSPS) is 18.4. The number of rotatable bonds is 4. The fourth-order valence-corrected chi connectivity index (χ4v) is 4.13. The van der Waals surface area contributed by atoms with Gasteiger partial charge in [0.1, 0.15) is 5.75 Å². The Morgan fingerprint density at radius 1 is 0.923 bits per heavy atom. The predicted octanol–water partition coefficient (Wildman–Crippen LogP) is 7.08. The molecule has 1 aliphatic rings. The van der Waals surface area contributed by atoms with E-state index in [-0.39, 0.29) is 10.8 Å². The predicted molar refractivity (Wildman–Crippen MR) is 113 cm³/mol. The zero-order valence-electron chi connectivity index (χ0n) is 16.9. The first-order valence-corrected chi connectivity index (χ1v) is 9.88. The third kappa shape index (κ3) is 3.72. The van der Waals surface area contributed by atoms with E-state index in [0.29, 0.717) is 5.75 Å². The number of benzene rings is 2. The summed E-state index contributed by atoms with van der Waals surface area (Å²) >= 11 is 0. The van der Waals surface area contributed by atoms with Gasteiger partial charge in [0.15, 0.2) is 0 Å². The summed E-state index contributed by atoms with van der Waals surface area (Å²) in [7, 11) is 0. The Morgan fingerprint density at radius 2 is 1.54 bits per heavy atom. The minimum absolute atomic E-state index is 0.233. The van der Waals surface area contributed by atoms with E-state index in [0.717, 1.165) is 18.4 Å². The largest absolute Gasteiger partial charge is 0.508 e. The summed E-state index contributed by atoms with van der Waals surface area (Å²) in [6.45, 7) is 11.7. The average molecular weight is 349 g/mol. The van der Waals surface area contributed by atoms with Crippen LogP contribution in [0.25, 0.3) is 11.6 Å². The lowest BCUT2D eigenvalue weighted by molar-refractivity contribution is 0.332. The summed E-state index contributed by atoms with van der Waals surface area (Å²) in [4.78, 5) is 0. The molecule has 3 rings (SSSR count). The number of fused-ring (bicyclic) bond motifs is 1. The van der Waals surface area contributed by atoms with Crippen molar-refractivity contribution in [2.24, 2.45) is 0 Å². The molecule has 2 aromatic carbocycles. The highest BCUT2D eigenvalue weighted by Crippen LogP contribution is 2.46. The molecule has 0 atom stereocenters. The summed E-state index contributed by atoms with van der Waals surface area (Å²) in [5.74, 6) is 0.317. The van der Waals surface area contributed by atoms with Gasteiger partial charge in [0.25, 0.3) is 0 Å². The number of allylic oxidation sites excluding steroid dienone is 1. The third-order valence-electron chi connectivity index (χ3n) is 5.98. The minimum atomic E-state index is 0.233. The van der Waals surface area contributed by atoms with Crippen LogP contribution in [0.1, 0.15) is 82.6 Å². The molecular weight excluding hydrogens is 316 g/mol. The Balaban J connectivity index is 2.07. The van der Waals surface area contributed by atoms with Crippen LogP contribution in [0.4, 0.5) is 0 Å². The maximum atomic E-state index is 9.53. The van der Waals surface area contributed by atoms with Gasteiger partial charge in [-0.3, -0.25) is 0 Å². The Bertz CT molecular complexity index is 807. The zero-order chi connectivity index (χ0) is 18.9. The second-order valence-corrected chi connectivity index (χ2v) is 9.04. The van der Waals surface area contributed by atoms with Gasteiger partial charge < -0.3 is 5.11 Å². The fraction of sp³-hybridized carbons (Fsp3) is 0.440. The lowest BCUT2D eigenvalue weighted by Crippen LogP contribution is -2.33. The Kier molecular flexibility index (Phi) is 5.01. The van der Waals surface area contributed by atoms with Crippen LogP contribution < -0.4 is 0 Å². The molecule has 2 aromatic rings. The van der Waals surface area contributed by atoms with Crippen LogP contribution in [-0.4, -0.2) is 5.11 Å². The quantitative estimate of drug-likeness (QED) is 0.585. The lowest BCUT2D eigenvalue weighted by Gasteiger charge is -2.42. The van der Waals surface area contributed by atoms with Crippen molar-refractivity contribution in [1.29, 1.82) is 0 Å². The molecule has 0 heterocycles. The number of phenolic OH excluding ortho intramolecular Hbond substituents is 1. The van der Waals surface area contributed by atoms with Crippen molar-refractivity contribution in [2.75, 3.05) is 0 Å². The lowest BCUT2D eigenvalue weighted by atomic mass is 9.63. The SMILES string of the molecule is CCC/C(=C/c1ccc(O)cc1)c1ccc2c(c1)C(C)(C)CCC2(C)C. The second kappa shape index (κ2) is 6.95. The van der Waals surface area contributed by atoms with Gasteiger partial charge in [-0.2, -0.15) is 0 Å². The molecule has 1 nitrogen and oxygen atoms in total. The first kappa shape index (κ1) is 18.8. The Hall–Kier alpha value is -2.02. The van der Waals surface area contributed by atoms with Gasteiger partial charge in [0.2, 0.25) is 0 Å². The van der Waals surface area contributed by atoms with Crippen LogP contribution in [-0.2, 0) is 10.8 Å². The molecule has 0 aliphatic heterocycles. The van der Waals surface area contributed by atoms with Crippen molar-refractivity contribution in [1.82, 2.24) is 0 Å². The van der Waals surface area contributed by atoms with E-state index in [1.807, 2.05) is 12.1 Å². The van der Waals surface area contributed by atoms with Crippen molar-refractivity contribution in [3.8, 4) is 5.75 Å². The Morgan fingerprint density at radius 3 is 2.15 bits per heavy atom. The molecule has 0 amide bonds. The van der Waals surface area contributed by atoms with Crippen LogP contribution in [0.15, 0.2) is 42.5 Å². The van der Waals surface area contributed by atoms with Gasteiger partial charge in [-0.1, -0.05) is 77.4 Å². The van der Waals surface area contributed by atoms with Crippen LogP contribution in [0.2, 0.25) is 0 Å². The monoisotopic (exact) mass is 348 g/mol.